The van der Waals surface area contributed by atoms with Crippen LogP contribution in [0.25, 0.3) is 0 Å². The number of rotatable bonds is 3. The van der Waals surface area contributed by atoms with Crippen LogP contribution in [-0.4, -0.2) is 11.4 Å². The Kier molecular flexibility index (Phi) is 3.87. The van der Waals surface area contributed by atoms with Gasteiger partial charge in [0.2, 0.25) is 0 Å². The maximum atomic E-state index is 10.2. The Morgan fingerprint density at radius 3 is 1.82 bits per heavy atom. The van der Waals surface area contributed by atoms with Crippen molar-refractivity contribution in [3.8, 4) is 0 Å². The zero-order chi connectivity index (χ0) is 12.3. The largest absolute Gasteiger partial charge is 0.384 e. The van der Waals surface area contributed by atoms with Crippen LogP contribution in [0.5, 0.6) is 0 Å². The van der Waals surface area contributed by atoms with Crippen molar-refractivity contribution in [2.45, 2.75) is 17.9 Å². The molecule has 0 amide bonds. The number of thioether (sulfide) groups is 1. The van der Waals surface area contributed by atoms with Crippen molar-refractivity contribution in [3.05, 3.63) is 65.2 Å². The molecule has 0 bridgehead atoms. The van der Waals surface area contributed by atoms with Gasteiger partial charge in [-0.25, -0.2) is 0 Å². The van der Waals surface area contributed by atoms with Gasteiger partial charge in [0.05, 0.1) is 0 Å². The van der Waals surface area contributed by atoms with Crippen LogP contribution in [0.2, 0.25) is 0 Å². The topological polar surface area (TPSA) is 20.2 Å². The third-order valence-corrected chi connectivity index (χ3v) is 3.57. The summed E-state index contributed by atoms with van der Waals surface area (Å²) in [6, 6.07) is 16.0. The van der Waals surface area contributed by atoms with Gasteiger partial charge in [-0.3, -0.25) is 0 Å². The molecule has 2 aromatic rings. The van der Waals surface area contributed by atoms with Gasteiger partial charge in [-0.05, 0) is 36.4 Å². The smallest absolute Gasteiger partial charge is 0.104 e. The quantitative estimate of drug-likeness (QED) is 0.829. The average Bonchev–Trinajstić information content (AvgIpc) is 2.39. The van der Waals surface area contributed by atoms with E-state index in [1.165, 1.54) is 10.5 Å². The molecule has 1 nitrogen and oxygen atoms in total. The average molecular weight is 244 g/mol. The minimum absolute atomic E-state index is 0.536. The highest BCUT2D eigenvalue weighted by atomic mass is 32.2. The van der Waals surface area contributed by atoms with Crippen molar-refractivity contribution in [2.75, 3.05) is 6.26 Å². The fraction of sp³-hybridized carbons (Fsp3) is 0.200. The second-order valence-corrected chi connectivity index (χ2v) is 4.97. The predicted molar refractivity (Wildman–Crippen MR) is 73.5 cm³/mol. The molecule has 0 aromatic heterocycles. The summed E-state index contributed by atoms with van der Waals surface area (Å²) in [5.41, 5.74) is 3.08. The van der Waals surface area contributed by atoms with E-state index in [4.69, 9.17) is 0 Å². The van der Waals surface area contributed by atoms with Crippen molar-refractivity contribution >= 4 is 11.8 Å². The van der Waals surface area contributed by atoms with Gasteiger partial charge in [0, 0.05) is 4.90 Å². The lowest BCUT2D eigenvalue weighted by Crippen LogP contribution is -1.99. The lowest BCUT2D eigenvalue weighted by molar-refractivity contribution is 0.220. The van der Waals surface area contributed by atoms with Gasteiger partial charge in [-0.15, -0.1) is 11.8 Å². The first-order chi connectivity index (χ1) is 8.20. The summed E-state index contributed by atoms with van der Waals surface area (Å²) in [7, 11) is 0. The molecule has 17 heavy (non-hydrogen) atoms. The number of hydrogen-bond acceptors (Lipinski definition) is 2. The minimum Gasteiger partial charge on any atom is -0.384 e. The first-order valence-corrected chi connectivity index (χ1v) is 6.82. The van der Waals surface area contributed by atoms with Crippen LogP contribution in [0.3, 0.4) is 0 Å². The Bertz CT molecular complexity index is 473. The van der Waals surface area contributed by atoms with Crippen LogP contribution < -0.4 is 0 Å². The molecule has 0 aliphatic carbocycles. The monoisotopic (exact) mass is 244 g/mol. The van der Waals surface area contributed by atoms with Crippen LogP contribution in [-0.2, 0) is 0 Å². The second-order valence-electron chi connectivity index (χ2n) is 4.09. The van der Waals surface area contributed by atoms with E-state index in [1.54, 1.807) is 11.8 Å². The van der Waals surface area contributed by atoms with Gasteiger partial charge in [0.25, 0.3) is 0 Å². The molecule has 0 aliphatic heterocycles. The van der Waals surface area contributed by atoms with Crippen molar-refractivity contribution in [1.82, 2.24) is 0 Å². The SMILES string of the molecule is CSc1ccc([C@@H](O)c2ccc(C)cc2)cc1. The summed E-state index contributed by atoms with van der Waals surface area (Å²) in [4.78, 5) is 1.21. The Hall–Kier alpha value is -1.25. The molecule has 0 saturated heterocycles. The highest BCUT2D eigenvalue weighted by Crippen LogP contribution is 2.24. The highest BCUT2D eigenvalue weighted by Gasteiger charge is 2.09. The van der Waals surface area contributed by atoms with Crippen LogP contribution in [0.15, 0.2) is 53.4 Å². The summed E-state index contributed by atoms with van der Waals surface area (Å²) in [6.07, 6.45) is 1.51. The zero-order valence-corrected chi connectivity index (χ0v) is 10.9. The first-order valence-electron chi connectivity index (χ1n) is 5.59. The number of aliphatic hydroxyl groups excluding tert-OH is 1. The number of aryl methyl sites for hydroxylation is 1. The predicted octanol–water partition coefficient (Wildman–Crippen LogP) is 3.80. The van der Waals surface area contributed by atoms with E-state index < -0.39 is 6.10 Å². The van der Waals surface area contributed by atoms with Crippen LogP contribution in [0, 0.1) is 6.92 Å². The molecule has 0 radical (unpaired) electrons. The van der Waals surface area contributed by atoms with E-state index >= 15 is 0 Å². The number of benzene rings is 2. The van der Waals surface area contributed by atoms with Gasteiger partial charge < -0.3 is 5.11 Å². The molecule has 88 valence electrons. The molecule has 0 heterocycles. The summed E-state index contributed by atoms with van der Waals surface area (Å²) in [6.45, 7) is 2.05. The molecular formula is C15H16OS. The van der Waals surface area contributed by atoms with E-state index in [2.05, 4.69) is 0 Å². The van der Waals surface area contributed by atoms with E-state index in [9.17, 15) is 5.11 Å². The van der Waals surface area contributed by atoms with Gasteiger partial charge >= 0.3 is 0 Å². The molecule has 0 aliphatic rings. The standard InChI is InChI=1S/C15H16OS/c1-11-3-5-12(6-4-11)15(16)13-7-9-14(17-2)10-8-13/h3-10,15-16H,1-2H3/t15-/m0/s1. The molecule has 1 N–H and O–H groups in total. The van der Waals surface area contributed by atoms with Crippen molar-refractivity contribution in [3.63, 3.8) is 0 Å². The van der Waals surface area contributed by atoms with Crippen LogP contribution in [0.1, 0.15) is 22.8 Å². The summed E-state index contributed by atoms with van der Waals surface area (Å²) < 4.78 is 0. The Morgan fingerprint density at radius 1 is 0.882 bits per heavy atom. The normalized spacial score (nSPS) is 12.4. The van der Waals surface area contributed by atoms with Crippen molar-refractivity contribution < 1.29 is 5.11 Å². The first kappa shape index (κ1) is 12.2. The Morgan fingerprint density at radius 2 is 1.35 bits per heavy atom. The van der Waals surface area contributed by atoms with Gasteiger partial charge in [-0.2, -0.15) is 0 Å². The van der Waals surface area contributed by atoms with Gasteiger partial charge in [-0.1, -0.05) is 42.0 Å². The molecule has 2 rings (SSSR count). The second kappa shape index (κ2) is 5.39. The summed E-state index contributed by atoms with van der Waals surface area (Å²) in [5.74, 6) is 0. The fourth-order valence-electron chi connectivity index (χ4n) is 1.73. The number of aliphatic hydroxyl groups is 1. The molecule has 0 fully saturated rings. The van der Waals surface area contributed by atoms with Gasteiger partial charge in [0.1, 0.15) is 6.10 Å². The van der Waals surface area contributed by atoms with Gasteiger partial charge in [0.15, 0.2) is 0 Å². The van der Waals surface area contributed by atoms with Crippen molar-refractivity contribution in [2.24, 2.45) is 0 Å². The van der Waals surface area contributed by atoms with E-state index in [1.807, 2.05) is 61.7 Å². The third-order valence-electron chi connectivity index (χ3n) is 2.82. The maximum absolute atomic E-state index is 10.2. The summed E-state index contributed by atoms with van der Waals surface area (Å²) in [5, 5.41) is 10.2. The molecule has 0 spiro atoms. The van der Waals surface area contributed by atoms with E-state index in [0.29, 0.717) is 0 Å². The minimum atomic E-state index is -0.536. The Labute approximate surface area is 107 Å². The number of hydrogen-bond donors (Lipinski definition) is 1. The van der Waals surface area contributed by atoms with E-state index in [-0.39, 0.29) is 0 Å². The van der Waals surface area contributed by atoms with E-state index in [0.717, 1.165) is 11.1 Å². The Balaban J connectivity index is 2.23. The molecule has 2 heteroatoms. The summed E-state index contributed by atoms with van der Waals surface area (Å²) >= 11 is 1.71. The molecular weight excluding hydrogens is 228 g/mol. The maximum Gasteiger partial charge on any atom is 0.104 e. The van der Waals surface area contributed by atoms with Crippen molar-refractivity contribution in [1.29, 1.82) is 0 Å². The van der Waals surface area contributed by atoms with Crippen LogP contribution >= 0.6 is 11.8 Å². The molecule has 1 atom stereocenters. The fourth-order valence-corrected chi connectivity index (χ4v) is 2.14. The molecule has 0 unspecified atom stereocenters. The molecule has 2 aromatic carbocycles. The van der Waals surface area contributed by atoms with Crippen LogP contribution in [0.4, 0.5) is 0 Å². The highest BCUT2D eigenvalue weighted by molar-refractivity contribution is 7.98. The molecule has 0 saturated carbocycles. The lowest BCUT2D eigenvalue weighted by Gasteiger charge is -2.12. The zero-order valence-electron chi connectivity index (χ0n) is 10.1. The third kappa shape index (κ3) is 2.90. The lowest BCUT2D eigenvalue weighted by atomic mass is 10.0.